The summed E-state index contributed by atoms with van der Waals surface area (Å²) < 4.78 is 0. The lowest BCUT2D eigenvalue weighted by Crippen LogP contribution is -2.47. The van der Waals surface area contributed by atoms with Gasteiger partial charge in [0.1, 0.15) is 0 Å². The Hall–Kier alpha value is -0.450. The molecule has 1 aromatic rings. The van der Waals surface area contributed by atoms with Crippen LogP contribution in [0.2, 0.25) is 0 Å². The standard InChI is InChI=1S/C13H21N3S/c1-2-16(8-13-7-14-9-17-13)12-5-10-3-4-11(6-12)15-10/h7,9-12,15H,2-6,8H2,1H3. The molecule has 4 heteroatoms. The summed E-state index contributed by atoms with van der Waals surface area (Å²) in [7, 11) is 0. The summed E-state index contributed by atoms with van der Waals surface area (Å²) in [4.78, 5) is 8.22. The van der Waals surface area contributed by atoms with Gasteiger partial charge < -0.3 is 5.32 Å². The number of aromatic nitrogens is 1. The molecule has 1 aromatic heterocycles. The zero-order valence-electron chi connectivity index (χ0n) is 10.4. The van der Waals surface area contributed by atoms with Crippen molar-refractivity contribution in [2.24, 2.45) is 0 Å². The van der Waals surface area contributed by atoms with Gasteiger partial charge >= 0.3 is 0 Å². The maximum atomic E-state index is 4.18. The summed E-state index contributed by atoms with van der Waals surface area (Å²) in [5.74, 6) is 0. The van der Waals surface area contributed by atoms with E-state index in [9.17, 15) is 0 Å². The average Bonchev–Trinajstić information content (AvgIpc) is 2.96. The summed E-state index contributed by atoms with van der Waals surface area (Å²) in [6.07, 6.45) is 7.47. The summed E-state index contributed by atoms with van der Waals surface area (Å²) in [6.45, 7) is 4.53. The summed E-state index contributed by atoms with van der Waals surface area (Å²) in [6, 6.07) is 2.35. The van der Waals surface area contributed by atoms with Crippen molar-refractivity contribution >= 4 is 11.3 Å². The van der Waals surface area contributed by atoms with Gasteiger partial charge in [-0.05, 0) is 32.2 Å². The minimum atomic E-state index is 0.779. The third-order valence-corrected chi connectivity index (χ3v) is 4.98. The van der Waals surface area contributed by atoms with E-state index >= 15 is 0 Å². The largest absolute Gasteiger partial charge is 0.311 e. The molecule has 0 aromatic carbocycles. The Morgan fingerprint density at radius 2 is 2.18 bits per heavy atom. The van der Waals surface area contributed by atoms with Gasteiger partial charge in [0.05, 0.1) is 5.51 Å². The lowest BCUT2D eigenvalue weighted by atomic mass is 9.98. The van der Waals surface area contributed by atoms with E-state index in [-0.39, 0.29) is 0 Å². The number of rotatable bonds is 4. The van der Waals surface area contributed by atoms with E-state index in [0.717, 1.165) is 31.2 Å². The first-order valence-corrected chi connectivity index (χ1v) is 7.60. The molecule has 2 aliphatic heterocycles. The molecule has 2 aliphatic rings. The number of thiazole rings is 1. The SMILES string of the molecule is CCN(Cc1cncs1)C1CC2CCC(C1)N2. The molecular weight excluding hydrogens is 230 g/mol. The Morgan fingerprint density at radius 3 is 2.76 bits per heavy atom. The van der Waals surface area contributed by atoms with Gasteiger partial charge in [-0.1, -0.05) is 6.92 Å². The Kier molecular flexibility index (Phi) is 3.45. The van der Waals surface area contributed by atoms with Crippen LogP contribution in [-0.2, 0) is 6.54 Å². The van der Waals surface area contributed by atoms with Crippen LogP contribution in [0, 0.1) is 0 Å². The second-order valence-electron chi connectivity index (χ2n) is 5.29. The topological polar surface area (TPSA) is 28.2 Å². The molecule has 3 rings (SSSR count). The zero-order chi connectivity index (χ0) is 11.7. The van der Waals surface area contributed by atoms with Crippen LogP contribution in [0.1, 0.15) is 37.5 Å². The fourth-order valence-corrected chi connectivity index (χ4v) is 3.96. The van der Waals surface area contributed by atoms with Gasteiger partial charge in [0.15, 0.2) is 0 Å². The number of fused-ring (bicyclic) bond motifs is 2. The van der Waals surface area contributed by atoms with E-state index in [4.69, 9.17) is 0 Å². The highest BCUT2D eigenvalue weighted by Gasteiger charge is 2.35. The normalized spacial score (nSPS) is 32.2. The minimum absolute atomic E-state index is 0.779. The van der Waals surface area contributed by atoms with Crippen LogP contribution in [-0.4, -0.2) is 34.6 Å². The molecule has 0 amide bonds. The van der Waals surface area contributed by atoms with Crippen molar-refractivity contribution in [3.05, 3.63) is 16.6 Å². The molecule has 0 radical (unpaired) electrons. The van der Waals surface area contributed by atoms with E-state index in [1.54, 1.807) is 11.3 Å². The minimum Gasteiger partial charge on any atom is -0.311 e. The van der Waals surface area contributed by atoms with E-state index in [2.05, 4.69) is 22.1 Å². The molecule has 94 valence electrons. The van der Waals surface area contributed by atoms with Gasteiger partial charge in [0, 0.05) is 35.7 Å². The molecule has 0 spiro atoms. The van der Waals surface area contributed by atoms with E-state index < -0.39 is 0 Å². The summed E-state index contributed by atoms with van der Waals surface area (Å²) in [5, 5.41) is 3.72. The fourth-order valence-electron chi connectivity index (χ4n) is 3.34. The van der Waals surface area contributed by atoms with E-state index in [1.807, 2.05) is 11.7 Å². The van der Waals surface area contributed by atoms with Gasteiger partial charge in [-0.3, -0.25) is 9.88 Å². The van der Waals surface area contributed by atoms with Crippen molar-refractivity contribution in [1.82, 2.24) is 15.2 Å². The van der Waals surface area contributed by atoms with Gasteiger partial charge in [0.2, 0.25) is 0 Å². The van der Waals surface area contributed by atoms with Gasteiger partial charge in [-0.15, -0.1) is 11.3 Å². The molecule has 2 bridgehead atoms. The van der Waals surface area contributed by atoms with Crippen LogP contribution in [0.25, 0.3) is 0 Å². The second kappa shape index (κ2) is 5.04. The predicted octanol–water partition coefficient (Wildman–Crippen LogP) is 2.25. The van der Waals surface area contributed by atoms with Crippen molar-refractivity contribution < 1.29 is 0 Å². The first-order chi connectivity index (χ1) is 8.35. The van der Waals surface area contributed by atoms with Crippen molar-refractivity contribution in [2.75, 3.05) is 6.54 Å². The van der Waals surface area contributed by atoms with Gasteiger partial charge in [-0.2, -0.15) is 0 Å². The van der Waals surface area contributed by atoms with Crippen molar-refractivity contribution in [1.29, 1.82) is 0 Å². The Balaban J connectivity index is 1.64. The molecule has 3 heterocycles. The molecule has 2 saturated heterocycles. The smallest absolute Gasteiger partial charge is 0.0794 e. The maximum absolute atomic E-state index is 4.18. The molecule has 0 saturated carbocycles. The summed E-state index contributed by atoms with van der Waals surface area (Å²) in [5.41, 5.74) is 1.94. The molecular formula is C13H21N3S. The highest BCUT2D eigenvalue weighted by molar-refractivity contribution is 7.09. The van der Waals surface area contributed by atoms with Gasteiger partial charge in [-0.25, -0.2) is 0 Å². The fraction of sp³-hybridized carbons (Fsp3) is 0.769. The predicted molar refractivity (Wildman–Crippen MR) is 71.2 cm³/mol. The molecule has 1 N–H and O–H groups in total. The van der Waals surface area contributed by atoms with Crippen LogP contribution in [0.4, 0.5) is 0 Å². The third kappa shape index (κ3) is 2.54. The number of hydrogen-bond donors (Lipinski definition) is 1. The average molecular weight is 251 g/mol. The Morgan fingerprint density at radius 1 is 1.41 bits per heavy atom. The van der Waals surface area contributed by atoms with Crippen LogP contribution in [0.3, 0.4) is 0 Å². The van der Waals surface area contributed by atoms with Crippen molar-refractivity contribution in [3.63, 3.8) is 0 Å². The van der Waals surface area contributed by atoms with Crippen LogP contribution >= 0.6 is 11.3 Å². The number of piperidine rings is 1. The molecule has 2 atom stereocenters. The molecule has 0 aliphatic carbocycles. The summed E-state index contributed by atoms with van der Waals surface area (Å²) >= 11 is 1.78. The number of nitrogens with one attached hydrogen (secondary N) is 1. The highest BCUT2D eigenvalue weighted by Crippen LogP contribution is 2.30. The zero-order valence-corrected chi connectivity index (χ0v) is 11.2. The molecule has 17 heavy (non-hydrogen) atoms. The third-order valence-electron chi connectivity index (χ3n) is 4.21. The highest BCUT2D eigenvalue weighted by atomic mass is 32.1. The van der Waals surface area contributed by atoms with Crippen molar-refractivity contribution in [3.8, 4) is 0 Å². The number of nitrogens with zero attached hydrogens (tertiary/aromatic N) is 2. The monoisotopic (exact) mass is 251 g/mol. The van der Waals surface area contributed by atoms with Crippen LogP contribution in [0.15, 0.2) is 11.7 Å². The Labute approximate surface area is 107 Å². The molecule has 2 fully saturated rings. The Bertz CT molecular complexity index is 340. The molecule has 3 nitrogen and oxygen atoms in total. The maximum Gasteiger partial charge on any atom is 0.0794 e. The van der Waals surface area contributed by atoms with E-state index in [1.165, 1.54) is 30.6 Å². The van der Waals surface area contributed by atoms with Crippen LogP contribution < -0.4 is 5.32 Å². The van der Waals surface area contributed by atoms with Crippen molar-refractivity contribution in [2.45, 2.75) is 57.3 Å². The second-order valence-corrected chi connectivity index (χ2v) is 6.26. The lowest BCUT2D eigenvalue weighted by Gasteiger charge is -2.37. The van der Waals surface area contributed by atoms with Crippen LogP contribution in [0.5, 0.6) is 0 Å². The van der Waals surface area contributed by atoms with Gasteiger partial charge in [0.25, 0.3) is 0 Å². The number of hydrogen-bond acceptors (Lipinski definition) is 4. The first kappa shape index (κ1) is 11.6. The van der Waals surface area contributed by atoms with E-state index in [0.29, 0.717) is 0 Å². The first-order valence-electron chi connectivity index (χ1n) is 6.72. The lowest BCUT2D eigenvalue weighted by molar-refractivity contribution is 0.142. The quantitative estimate of drug-likeness (QED) is 0.889. The molecule has 2 unspecified atom stereocenters.